The molecule has 0 amide bonds. The van der Waals surface area contributed by atoms with E-state index in [1.54, 1.807) is 43.3 Å². The lowest BCUT2D eigenvalue weighted by atomic mass is 10.0. The molecule has 3 aromatic rings. The number of rotatable bonds is 4. The molecule has 2 N–H and O–H groups in total. The van der Waals surface area contributed by atoms with Crippen molar-refractivity contribution < 1.29 is 9.32 Å². The summed E-state index contributed by atoms with van der Waals surface area (Å²) in [5, 5.41) is 23.9. The maximum Gasteiger partial charge on any atom is 0.223 e. The van der Waals surface area contributed by atoms with E-state index in [9.17, 15) is 9.32 Å². The van der Waals surface area contributed by atoms with Crippen LogP contribution >= 0.6 is 0 Å². The largest absolute Gasteiger partial charge is 0.493 e. The molecule has 1 aliphatic rings. The lowest BCUT2D eigenvalue weighted by molar-refractivity contribution is 0.433. The Morgan fingerprint density at radius 3 is 2.52 bits per heavy atom. The summed E-state index contributed by atoms with van der Waals surface area (Å²) in [5.41, 5.74) is 2.46. The van der Waals surface area contributed by atoms with Crippen LogP contribution < -0.4 is 0 Å². The van der Waals surface area contributed by atoms with Crippen molar-refractivity contribution in [2.45, 2.75) is 29.9 Å². The number of nitrogens with zero attached hydrogens (tertiary/aromatic N) is 4. The molecular weight excluding hydrogens is 362 g/mol. The van der Waals surface area contributed by atoms with Gasteiger partial charge in [-0.05, 0) is 49.6 Å². The number of hydrogen-bond donors (Lipinski definition) is 2. The Bertz CT molecular complexity index is 1150. The van der Waals surface area contributed by atoms with E-state index < -0.39 is 9.73 Å². The number of aromatic nitrogens is 3. The van der Waals surface area contributed by atoms with E-state index in [1.165, 1.54) is 10.9 Å². The summed E-state index contributed by atoms with van der Waals surface area (Å²) in [7, 11) is -2.81. The minimum absolute atomic E-state index is 0.0637. The SMILES string of the molecule is Cc1nn(-c2ccc([S@@](=N)(=O)C3CC3)cn2)c(O)c1-c1ccc(C#N)cc1. The zero-order chi connectivity index (χ0) is 19.2. The molecule has 0 aliphatic heterocycles. The Morgan fingerprint density at radius 2 is 1.96 bits per heavy atom. The second kappa shape index (κ2) is 6.21. The average Bonchev–Trinajstić information content (AvgIpc) is 3.49. The standard InChI is InChI=1S/C19H17N5O2S/c1-12-18(14-4-2-13(10-20)3-5-14)19(25)24(23-12)17-9-8-16(11-22-17)27(21,26)15-6-7-15/h2-5,8-9,11,15,21,25H,6-7H2,1H3/t27-/m0/s1. The highest BCUT2D eigenvalue weighted by molar-refractivity contribution is 7.93. The Hall–Kier alpha value is -3.18. The van der Waals surface area contributed by atoms with Gasteiger partial charge in [-0.15, -0.1) is 0 Å². The minimum Gasteiger partial charge on any atom is -0.493 e. The summed E-state index contributed by atoms with van der Waals surface area (Å²) >= 11 is 0. The first-order chi connectivity index (χ1) is 12.9. The van der Waals surface area contributed by atoms with E-state index in [-0.39, 0.29) is 11.1 Å². The molecule has 27 heavy (non-hydrogen) atoms. The van der Waals surface area contributed by atoms with Crippen LogP contribution in [0.2, 0.25) is 0 Å². The maximum absolute atomic E-state index is 12.5. The van der Waals surface area contributed by atoms with Gasteiger partial charge in [0, 0.05) is 11.4 Å². The molecule has 0 unspecified atom stereocenters. The summed E-state index contributed by atoms with van der Waals surface area (Å²) in [6.07, 6.45) is 3.06. The van der Waals surface area contributed by atoms with E-state index in [1.807, 2.05) is 0 Å². The second-order valence-corrected chi connectivity index (χ2v) is 8.88. The third kappa shape index (κ3) is 2.96. The number of pyridine rings is 1. The van der Waals surface area contributed by atoms with Crippen LogP contribution in [-0.2, 0) is 9.73 Å². The molecule has 2 aromatic heterocycles. The first kappa shape index (κ1) is 17.2. The van der Waals surface area contributed by atoms with Gasteiger partial charge >= 0.3 is 0 Å². The highest BCUT2D eigenvalue weighted by atomic mass is 32.2. The zero-order valence-electron chi connectivity index (χ0n) is 14.6. The number of aromatic hydroxyl groups is 1. The molecule has 1 saturated carbocycles. The topological polar surface area (TPSA) is 116 Å². The fraction of sp³-hybridized carbons (Fsp3) is 0.211. The highest BCUT2D eigenvalue weighted by Crippen LogP contribution is 2.35. The zero-order valence-corrected chi connectivity index (χ0v) is 15.4. The lowest BCUT2D eigenvalue weighted by Crippen LogP contribution is -2.07. The molecule has 0 spiro atoms. The van der Waals surface area contributed by atoms with Crippen LogP contribution in [0.1, 0.15) is 24.1 Å². The summed E-state index contributed by atoms with van der Waals surface area (Å²) in [6.45, 7) is 1.78. The third-order valence-corrected chi connectivity index (χ3v) is 6.97. The lowest BCUT2D eigenvalue weighted by Gasteiger charge is -2.07. The van der Waals surface area contributed by atoms with Crippen LogP contribution in [0.25, 0.3) is 16.9 Å². The molecule has 0 bridgehead atoms. The van der Waals surface area contributed by atoms with Gasteiger partial charge in [-0.25, -0.2) is 14.0 Å². The number of nitriles is 1. The van der Waals surface area contributed by atoms with Crippen molar-refractivity contribution >= 4 is 9.73 Å². The Balaban J connectivity index is 1.71. The fourth-order valence-corrected chi connectivity index (χ4v) is 4.66. The van der Waals surface area contributed by atoms with Crippen molar-refractivity contribution in [3.63, 3.8) is 0 Å². The number of benzene rings is 1. The van der Waals surface area contributed by atoms with Crippen molar-refractivity contribution in [1.29, 1.82) is 10.0 Å². The first-order valence-corrected chi connectivity index (χ1v) is 10.1. The maximum atomic E-state index is 12.5. The second-order valence-electron chi connectivity index (χ2n) is 6.54. The van der Waals surface area contributed by atoms with Crippen LogP contribution in [0, 0.1) is 23.0 Å². The Morgan fingerprint density at radius 1 is 1.26 bits per heavy atom. The van der Waals surface area contributed by atoms with E-state index >= 15 is 0 Å². The van der Waals surface area contributed by atoms with Gasteiger partial charge in [-0.3, -0.25) is 0 Å². The van der Waals surface area contributed by atoms with E-state index in [2.05, 4.69) is 16.2 Å². The smallest absolute Gasteiger partial charge is 0.223 e. The number of hydrogen-bond acceptors (Lipinski definition) is 6. The predicted octanol–water partition coefficient (Wildman–Crippen LogP) is 3.39. The van der Waals surface area contributed by atoms with Gasteiger partial charge in [0.1, 0.15) is 0 Å². The fourth-order valence-electron chi connectivity index (χ4n) is 2.99. The predicted molar refractivity (Wildman–Crippen MR) is 100 cm³/mol. The molecule has 1 aromatic carbocycles. The van der Waals surface area contributed by atoms with Crippen molar-refractivity contribution in [3.8, 4) is 28.9 Å². The quantitative estimate of drug-likeness (QED) is 0.721. The van der Waals surface area contributed by atoms with Gasteiger partial charge in [0.15, 0.2) is 5.82 Å². The summed E-state index contributed by atoms with van der Waals surface area (Å²) in [4.78, 5) is 4.67. The number of aryl methyl sites for hydroxylation is 1. The highest BCUT2D eigenvalue weighted by Gasteiger charge is 2.34. The average molecular weight is 379 g/mol. The molecule has 2 heterocycles. The van der Waals surface area contributed by atoms with E-state index in [0.29, 0.717) is 27.5 Å². The van der Waals surface area contributed by atoms with Gasteiger partial charge < -0.3 is 5.11 Å². The first-order valence-electron chi connectivity index (χ1n) is 8.45. The van der Waals surface area contributed by atoms with Crippen molar-refractivity contribution in [3.05, 3.63) is 53.9 Å². The summed E-state index contributed by atoms with van der Waals surface area (Å²) < 4.78 is 21.9. The van der Waals surface area contributed by atoms with Gasteiger partial charge in [0.05, 0.1) is 37.5 Å². The van der Waals surface area contributed by atoms with Crippen LogP contribution in [0.3, 0.4) is 0 Å². The van der Waals surface area contributed by atoms with Crippen molar-refractivity contribution in [1.82, 2.24) is 14.8 Å². The molecule has 0 saturated heterocycles. The molecule has 7 nitrogen and oxygen atoms in total. The monoisotopic (exact) mass is 379 g/mol. The van der Waals surface area contributed by atoms with Crippen LogP contribution in [0.5, 0.6) is 5.88 Å². The molecular formula is C19H17N5O2S. The summed E-state index contributed by atoms with van der Waals surface area (Å²) in [5.74, 6) is 0.316. The van der Waals surface area contributed by atoms with Gasteiger partial charge in [-0.2, -0.15) is 15.0 Å². The van der Waals surface area contributed by atoms with Gasteiger partial charge in [-0.1, -0.05) is 12.1 Å². The van der Waals surface area contributed by atoms with Gasteiger partial charge in [0.2, 0.25) is 5.88 Å². The molecule has 136 valence electrons. The molecule has 4 rings (SSSR count). The molecule has 0 radical (unpaired) electrons. The third-order valence-electron chi connectivity index (χ3n) is 4.62. The molecule has 8 heteroatoms. The molecule has 1 atom stereocenters. The van der Waals surface area contributed by atoms with Crippen LogP contribution in [0.15, 0.2) is 47.5 Å². The van der Waals surface area contributed by atoms with E-state index in [0.717, 1.165) is 18.4 Å². The molecule has 1 aliphatic carbocycles. The number of nitrogens with one attached hydrogen (secondary N) is 1. The van der Waals surface area contributed by atoms with E-state index in [4.69, 9.17) is 10.0 Å². The Kier molecular flexibility index (Phi) is 3.97. The normalized spacial score (nSPS) is 15.9. The van der Waals surface area contributed by atoms with Crippen molar-refractivity contribution in [2.24, 2.45) is 0 Å². The van der Waals surface area contributed by atoms with Crippen LogP contribution in [0.4, 0.5) is 0 Å². The van der Waals surface area contributed by atoms with Gasteiger partial charge in [0.25, 0.3) is 0 Å². The minimum atomic E-state index is -2.81. The summed E-state index contributed by atoms with van der Waals surface area (Å²) in [6, 6.07) is 12.2. The van der Waals surface area contributed by atoms with Crippen LogP contribution in [-0.4, -0.2) is 29.3 Å². The molecule has 1 fully saturated rings. The Labute approximate surface area is 156 Å². The van der Waals surface area contributed by atoms with Crippen molar-refractivity contribution in [2.75, 3.05) is 0 Å².